The van der Waals surface area contributed by atoms with Crippen LogP contribution in [0.3, 0.4) is 0 Å². The molecule has 0 unspecified atom stereocenters. The van der Waals surface area contributed by atoms with E-state index >= 15 is 0 Å². The molecule has 3 aromatic heterocycles. The second-order valence-electron chi connectivity index (χ2n) is 10.9. The fourth-order valence-corrected chi connectivity index (χ4v) is 8.72. The van der Waals surface area contributed by atoms with Gasteiger partial charge in [-0.15, -0.1) is 22.7 Å². The summed E-state index contributed by atoms with van der Waals surface area (Å²) in [5, 5.41) is 0. The Morgan fingerprint density at radius 3 is 2.00 bits per heavy atom. The Hall–Kier alpha value is -4.60. The maximum Gasteiger partial charge on any atom is 0.333 e. The van der Waals surface area contributed by atoms with E-state index in [4.69, 9.17) is 4.98 Å². The quantitative estimate of drug-likeness (QED) is 0.159. The number of barbiturate groups is 1. The molecule has 1 aliphatic heterocycles. The van der Waals surface area contributed by atoms with Crippen LogP contribution < -0.4 is 4.90 Å². The minimum absolute atomic E-state index is 0.0130. The fourth-order valence-electron chi connectivity index (χ4n) is 5.80. The van der Waals surface area contributed by atoms with Crippen LogP contribution in [0.25, 0.3) is 26.0 Å². The number of para-hydroxylation sites is 2. The van der Waals surface area contributed by atoms with Crippen molar-refractivity contribution in [2.24, 2.45) is 0 Å². The largest absolute Gasteiger partial charge is 0.333 e. The first-order chi connectivity index (χ1) is 20.2. The Kier molecular flexibility index (Phi) is 5.93. The molecule has 0 saturated carbocycles. The molecule has 0 N–H and O–H groups in total. The number of pyridine rings is 1. The van der Waals surface area contributed by atoms with E-state index < -0.39 is 17.8 Å². The molecule has 7 nitrogen and oxygen atoms in total. The third-order valence-electron chi connectivity index (χ3n) is 7.99. The topological polar surface area (TPSA) is 73.8 Å². The zero-order valence-corrected chi connectivity index (χ0v) is 25.0. The summed E-state index contributed by atoms with van der Waals surface area (Å²) in [7, 11) is 2.78. The van der Waals surface area contributed by atoms with Crippen molar-refractivity contribution >= 4 is 73.1 Å². The molecule has 7 rings (SSSR count). The summed E-state index contributed by atoms with van der Waals surface area (Å²) < 4.78 is 2.22. The summed E-state index contributed by atoms with van der Waals surface area (Å²) in [6.07, 6.45) is 3.55. The Bertz CT molecular complexity index is 1890. The van der Waals surface area contributed by atoms with Gasteiger partial charge in [0.05, 0.1) is 27.2 Å². The average Bonchev–Trinajstić information content (AvgIpc) is 3.62. The number of nitrogens with zero attached hydrogens (tertiary/aromatic N) is 4. The molecule has 2 aromatic carbocycles. The SMILES string of the molecule is CN1C(=O)C(=Cc2cc3sc4c(c3s2)C(C)(C)c2cc(N(c3ccccc3)c3ccccc3)cnc2-4)C(=O)N(C)C1=O. The minimum Gasteiger partial charge on any atom is -0.309 e. The lowest BCUT2D eigenvalue weighted by Crippen LogP contribution is -2.52. The van der Waals surface area contributed by atoms with Gasteiger partial charge in [0.1, 0.15) is 5.57 Å². The third-order valence-corrected chi connectivity index (χ3v) is 10.4. The molecule has 0 atom stereocenters. The smallest absolute Gasteiger partial charge is 0.309 e. The van der Waals surface area contributed by atoms with Gasteiger partial charge in [0, 0.05) is 46.0 Å². The number of benzene rings is 2. The molecular weight excluding hydrogens is 565 g/mol. The lowest BCUT2D eigenvalue weighted by molar-refractivity contribution is -0.134. The number of hydrogen-bond donors (Lipinski definition) is 0. The lowest BCUT2D eigenvalue weighted by Gasteiger charge is -2.28. The molecule has 1 aliphatic carbocycles. The first-order valence-electron chi connectivity index (χ1n) is 13.5. The fraction of sp³-hybridized carbons (Fsp3) is 0.152. The van der Waals surface area contributed by atoms with Crippen LogP contribution in [-0.4, -0.2) is 46.7 Å². The van der Waals surface area contributed by atoms with Crippen molar-refractivity contribution in [1.82, 2.24) is 14.8 Å². The summed E-state index contributed by atoms with van der Waals surface area (Å²) in [6.45, 7) is 4.46. The van der Waals surface area contributed by atoms with E-state index in [-0.39, 0.29) is 11.0 Å². The highest BCUT2D eigenvalue weighted by molar-refractivity contribution is 7.30. The molecule has 208 valence electrons. The summed E-state index contributed by atoms with van der Waals surface area (Å²) in [5.41, 5.74) is 6.14. The van der Waals surface area contributed by atoms with Crippen LogP contribution in [-0.2, 0) is 15.0 Å². The van der Waals surface area contributed by atoms with Crippen LogP contribution in [0.4, 0.5) is 21.9 Å². The van der Waals surface area contributed by atoms with Gasteiger partial charge in [-0.1, -0.05) is 50.2 Å². The van der Waals surface area contributed by atoms with Gasteiger partial charge >= 0.3 is 6.03 Å². The van der Waals surface area contributed by atoms with Crippen LogP contribution in [0.5, 0.6) is 0 Å². The molecule has 1 saturated heterocycles. The Balaban J connectivity index is 1.31. The minimum atomic E-state index is -0.628. The number of likely N-dealkylation sites (N-methyl/N-ethyl adjacent to an activating group) is 2. The van der Waals surface area contributed by atoms with E-state index in [1.807, 2.05) is 48.7 Å². The monoisotopic (exact) mass is 590 g/mol. The van der Waals surface area contributed by atoms with Gasteiger partial charge in [0.25, 0.3) is 11.8 Å². The lowest BCUT2D eigenvalue weighted by atomic mass is 9.83. The highest BCUT2D eigenvalue weighted by atomic mass is 32.1. The molecule has 0 spiro atoms. The molecule has 0 bridgehead atoms. The Morgan fingerprint density at radius 1 is 0.810 bits per heavy atom. The summed E-state index contributed by atoms with van der Waals surface area (Å²) in [6, 6.07) is 24.2. The zero-order valence-electron chi connectivity index (χ0n) is 23.4. The molecular formula is C33H26N4O3S2. The number of urea groups is 1. The zero-order chi connectivity index (χ0) is 29.3. The van der Waals surface area contributed by atoms with E-state index in [0.717, 1.165) is 57.3 Å². The number of amides is 4. The van der Waals surface area contributed by atoms with Gasteiger partial charge in [-0.05, 0) is 48.0 Å². The van der Waals surface area contributed by atoms with Crippen molar-refractivity contribution in [2.45, 2.75) is 19.3 Å². The first-order valence-corrected chi connectivity index (χ1v) is 15.1. The van der Waals surface area contributed by atoms with Gasteiger partial charge in [-0.2, -0.15) is 0 Å². The highest BCUT2D eigenvalue weighted by Gasteiger charge is 2.42. The van der Waals surface area contributed by atoms with Crippen LogP contribution in [0.2, 0.25) is 0 Å². The second-order valence-corrected chi connectivity index (χ2v) is 13.1. The van der Waals surface area contributed by atoms with Crippen molar-refractivity contribution in [2.75, 3.05) is 19.0 Å². The van der Waals surface area contributed by atoms with Crippen molar-refractivity contribution in [3.05, 3.63) is 101 Å². The van der Waals surface area contributed by atoms with E-state index in [9.17, 15) is 14.4 Å². The summed E-state index contributed by atoms with van der Waals surface area (Å²) in [5.74, 6) is -1.17. The molecule has 1 fully saturated rings. The number of hydrogen-bond acceptors (Lipinski definition) is 7. The van der Waals surface area contributed by atoms with E-state index in [2.05, 4.69) is 49.1 Å². The van der Waals surface area contributed by atoms with E-state index in [1.165, 1.54) is 19.7 Å². The summed E-state index contributed by atoms with van der Waals surface area (Å²) in [4.78, 5) is 48.8. The molecule has 4 heterocycles. The molecule has 9 heteroatoms. The standard InChI is InChI=1S/C33H26N4O3S2/c1-33(2)24-15-21(37(19-11-7-5-8-12-19)20-13-9-6-10-14-20)18-34-27(24)29-26(33)28-25(42-29)17-22(41-28)16-23-30(38)35(3)32(40)36(4)31(23)39/h5-18H,1-4H3. The molecule has 0 radical (unpaired) electrons. The van der Waals surface area contributed by atoms with Crippen molar-refractivity contribution in [3.8, 4) is 10.6 Å². The number of rotatable bonds is 4. The van der Waals surface area contributed by atoms with Gasteiger partial charge in [-0.25, -0.2) is 4.79 Å². The van der Waals surface area contributed by atoms with Crippen molar-refractivity contribution < 1.29 is 14.4 Å². The molecule has 5 aromatic rings. The van der Waals surface area contributed by atoms with Gasteiger partial charge < -0.3 is 4.90 Å². The van der Waals surface area contributed by atoms with E-state index in [0.29, 0.717) is 0 Å². The normalized spacial score (nSPS) is 15.8. The highest BCUT2D eigenvalue weighted by Crippen LogP contribution is 2.57. The maximum absolute atomic E-state index is 12.8. The molecule has 4 amide bonds. The number of imide groups is 2. The molecule has 42 heavy (non-hydrogen) atoms. The average molecular weight is 591 g/mol. The summed E-state index contributed by atoms with van der Waals surface area (Å²) >= 11 is 3.24. The van der Waals surface area contributed by atoms with E-state index in [1.54, 1.807) is 28.7 Å². The van der Waals surface area contributed by atoms with Crippen molar-refractivity contribution in [3.63, 3.8) is 0 Å². The van der Waals surface area contributed by atoms with Crippen LogP contribution in [0, 0.1) is 0 Å². The maximum atomic E-state index is 12.8. The number of carbonyl (C=O) groups excluding carboxylic acids is 3. The molecule has 2 aliphatic rings. The van der Waals surface area contributed by atoms with Gasteiger partial charge in [0.15, 0.2) is 0 Å². The van der Waals surface area contributed by atoms with Crippen molar-refractivity contribution in [1.29, 1.82) is 0 Å². The third kappa shape index (κ3) is 3.84. The van der Waals surface area contributed by atoms with Gasteiger partial charge in [-0.3, -0.25) is 24.4 Å². The number of anilines is 3. The second kappa shape index (κ2) is 9.47. The van der Waals surface area contributed by atoms with Gasteiger partial charge in [0.2, 0.25) is 0 Å². The first kappa shape index (κ1) is 26.3. The van der Waals surface area contributed by atoms with Crippen LogP contribution in [0.1, 0.15) is 29.9 Å². The number of carbonyl (C=O) groups is 3. The number of fused-ring (bicyclic) bond motifs is 5. The predicted octanol–water partition coefficient (Wildman–Crippen LogP) is 7.57. The number of thiophene rings is 2. The Morgan fingerprint density at radius 2 is 1.40 bits per heavy atom. The van der Waals surface area contributed by atoms with Crippen LogP contribution in [0.15, 0.2) is 84.6 Å². The Labute approximate surface area is 250 Å². The van der Waals surface area contributed by atoms with Crippen LogP contribution >= 0.6 is 22.7 Å². The number of aromatic nitrogens is 1. The predicted molar refractivity (Wildman–Crippen MR) is 169 cm³/mol.